The molecule has 0 fully saturated rings. The summed E-state index contributed by atoms with van der Waals surface area (Å²) in [5.41, 5.74) is 5.36. The molecule has 0 saturated heterocycles. The van der Waals surface area contributed by atoms with Crippen molar-refractivity contribution in [1.29, 1.82) is 0 Å². The van der Waals surface area contributed by atoms with Crippen molar-refractivity contribution in [3.8, 4) is 0 Å². The number of aromatic nitrogens is 2. The average molecular weight is 507 g/mol. The Hall–Kier alpha value is -3.76. The number of benzene rings is 2. The molecular weight excluding hydrogens is 480 g/mol. The first-order valence-electron chi connectivity index (χ1n) is 10.9. The molecule has 0 aliphatic rings. The topological polar surface area (TPSA) is 108 Å². The second-order valence-corrected chi connectivity index (χ2v) is 10.9. The Morgan fingerprint density at radius 3 is 2.40 bits per heavy atom. The normalized spacial score (nSPS) is 11.8. The Labute approximate surface area is 209 Å². The zero-order valence-electron chi connectivity index (χ0n) is 19.4. The lowest BCUT2D eigenvalue weighted by molar-refractivity contribution is 0.602. The van der Waals surface area contributed by atoms with E-state index in [4.69, 9.17) is 0 Å². The molecule has 2 heterocycles. The molecule has 0 unspecified atom stereocenters. The minimum atomic E-state index is -3.24. The van der Waals surface area contributed by atoms with E-state index >= 15 is 0 Å². The van der Waals surface area contributed by atoms with Crippen LogP contribution in [0.3, 0.4) is 0 Å². The van der Waals surface area contributed by atoms with Crippen LogP contribution in [0.1, 0.15) is 17.4 Å². The number of nitrogens with one attached hydrogen (secondary N) is 3. The summed E-state index contributed by atoms with van der Waals surface area (Å²) < 4.78 is 23.4. The number of sulfone groups is 1. The van der Waals surface area contributed by atoms with E-state index < -0.39 is 9.84 Å². The SMILES string of the molecule is CC(=NNc1cc(NCCc2cccs2)nc(Nc2ccccc2)n1)c1ccc(S(C)(=O)=O)cc1. The second kappa shape index (κ2) is 11.1. The number of para-hydroxylation sites is 1. The van der Waals surface area contributed by atoms with Gasteiger partial charge < -0.3 is 10.6 Å². The molecule has 0 aliphatic heterocycles. The highest BCUT2D eigenvalue weighted by Gasteiger charge is 2.08. The standard InChI is InChI=1S/C25H26N6O2S2/c1-18(19-10-12-22(13-11-19)35(2,32)33)30-31-24-17-23(26-15-14-21-9-6-16-34-21)28-25(29-24)27-20-7-4-3-5-8-20/h3-13,16-17H,14-15H2,1-2H3,(H3,26,27,28,29,31). The van der Waals surface area contributed by atoms with Crippen molar-refractivity contribution in [1.82, 2.24) is 9.97 Å². The first-order valence-corrected chi connectivity index (χ1v) is 13.7. The number of rotatable bonds is 10. The van der Waals surface area contributed by atoms with E-state index in [1.807, 2.05) is 43.3 Å². The fourth-order valence-corrected chi connectivity index (χ4v) is 4.56. The van der Waals surface area contributed by atoms with Gasteiger partial charge in [0.15, 0.2) is 15.7 Å². The first-order chi connectivity index (χ1) is 16.9. The van der Waals surface area contributed by atoms with Gasteiger partial charge >= 0.3 is 0 Å². The molecule has 2 aromatic heterocycles. The molecule has 8 nitrogen and oxygen atoms in total. The van der Waals surface area contributed by atoms with Crippen LogP contribution in [0.4, 0.5) is 23.3 Å². The fraction of sp³-hybridized carbons (Fsp3) is 0.160. The highest BCUT2D eigenvalue weighted by molar-refractivity contribution is 7.90. The Bertz CT molecular complexity index is 1390. The van der Waals surface area contributed by atoms with Crippen molar-refractivity contribution in [2.75, 3.05) is 28.9 Å². The maximum Gasteiger partial charge on any atom is 0.231 e. The lowest BCUT2D eigenvalue weighted by atomic mass is 10.1. The van der Waals surface area contributed by atoms with Gasteiger partial charge in [-0.1, -0.05) is 36.4 Å². The first kappa shape index (κ1) is 24.4. The van der Waals surface area contributed by atoms with Crippen molar-refractivity contribution >= 4 is 50.2 Å². The van der Waals surface area contributed by atoms with Crippen LogP contribution in [0.15, 0.2) is 88.2 Å². The summed E-state index contributed by atoms with van der Waals surface area (Å²) >= 11 is 1.73. The Morgan fingerprint density at radius 2 is 1.71 bits per heavy atom. The highest BCUT2D eigenvalue weighted by atomic mass is 32.2. The van der Waals surface area contributed by atoms with Gasteiger partial charge in [0.2, 0.25) is 5.95 Å². The van der Waals surface area contributed by atoms with Crippen LogP contribution < -0.4 is 16.1 Å². The maximum absolute atomic E-state index is 11.7. The Kier molecular flexibility index (Phi) is 7.74. The van der Waals surface area contributed by atoms with Gasteiger partial charge in [-0.2, -0.15) is 15.1 Å². The maximum atomic E-state index is 11.7. The third-order valence-electron chi connectivity index (χ3n) is 5.05. The molecular formula is C25H26N6O2S2. The number of hydrogen-bond donors (Lipinski definition) is 3. The summed E-state index contributed by atoms with van der Waals surface area (Å²) in [5.74, 6) is 1.62. The number of nitrogens with zero attached hydrogens (tertiary/aromatic N) is 3. The van der Waals surface area contributed by atoms with Gasteiger partial charge in [0.1, 0.15) is 5.82 Å². The van der Waals surface area contributed by atoms with Gasteiger partial charge in [-0.3, -0.25) is 5.43 Å². The number of anilines is 4. The summed E-state index contributed by atoms with van der Waals surface area (Å²) in [4.78, 5) is 10.7. The Morgan fingerprint density at radius 1 is 0.971 bits per heavy atom. The van der Waals surface area contributed by atoms with Gasteiger partial charge in [0.05, 0.1) is 10.6 Å². The molecule has 10 heteroatoms. The van der Waals surface area contributed by atoms with Gasteiger partial charge in [-0.25, -0.2) is 8.42 Å². The van der Waals surface area contributed by atoms with Crippen LogP contribution in [-0.2, 0) is 16.3 Å². The minimum absolute atomic E-state index is 0.271. The molecule has 0 saturated carbocycles. The van der Waals surface area contributed by atoms with Crippen LogP contribution >= 0.6 is 11.3 Å². The van der Waals surface area contributed by atoms with E-state index in [1.54, 1.807) is 41.7 Å². The van der Waals surface area contributed by atoms with Crippen molar-refractivity contribution in [2.45, 2.75) is 18.2 Å². The molecule has 0 radical (unpaired) electrons. The summed E-state index contributed by atoms with van der Waals surface area (Å²) in [7, 11) is -3.24. The molecule has 4 aromatic rings. The minimum Gasteiger partial charge on any atom is -0.369 e. The predicted molar refractivity (Wildman–Crippen MR) is 144 cm³/mol. The quantitative estimate of drug-likeness (QED) is 0.201. The molecule has 4 rings (SSSR count). The third-order valence-corrected chi connectivity index (χ3v) is 7.12. The fourth-order valence-electron chi connectivity index (χ4n) is 3.22. The molecule has 0 bridgehead atoms. The van der Waals surface area contributed by atoms with Crippen molar-refractivity contribution < 1.29 is 8.42 Å². The van der Waals surface area contributed by atoms with Crippen LogP contribution in [0.25, 0.3) is 0 Å². The molecule has 3 N–H and O–H groups in total. The van der Waals surface area contributed by atoms with Gasteiger partial charge in [-0.15, -0.1) is 11.3 Å². The molecule has 0 amide bonds. The molecule has 180 valence electrons. The third kappa shape index (κ3) is 7.11. The number of hydrazone groups is 1. The lowest BCUT2D eigenvalue weighted by Gasteiger charge is -2.11. The van der Waals surface area contributed by atoms with Crippen LogP contribution in [0, 0.1) is 0 Å². The average Bonchev–Trinajstić information content (AvgIpc) is 3.36. The zero-order valence-corrected chi connectivity index (χ0v) is 21.0. The van der Waals surface area contributed by atoms with Crippen LogP contribution in [0.5, 0.6) is 0 Å². The second-order valence-electron chi connectivity index (χ2n) is 7.81. The van der Waals surface area contributed by atoms with E-state index in [9.17, 15) is 8.42 Å². The lowest BCUT2D eigenvalue weighted by Crippen LogP contribution is -2.09. The Balaban J connectivity index is 1.51. The molecule has 0 atom stereocenters. The molecule has 0 aliphatic carbocycles. The van der Waals surface area contributed by atoms with Gasteiger partial charge in [-0.05, 0) is 54.6 Å². The number of thiophene rings is 1. The smallest absolute Gasteiger partial charge is 0.231 e. The number of hydrogen-bond acceptors (Lipinski definition) is 9. The monoisotopic (exact) mass is 506 g/mol. The summed E-state index contributed by atoms with van der Waals surface area (Å²) in [6.07, 6.45) is 2.08. The molecule has 2 aromatic carbocycles. The highest BCUT2D eigenvalue weighted by Crippen LogP contribution is 2.19. The van der Waals surface area contributed by atoms with Crippen molar-refractivity contribution in [3.05, 3.63) is 88.6 Å². The molecule has 35 heavy (non-hydrogen) atoms. The largest absolute Gasteiger partial charge is 0.369 e. The van der Waals surface area contributed by atoms with E-state index in [-0.39, 0.29) is 4.90 Å². The zero-order chi connectivity index (χ0) is 24.7. The predicted octanol–water partition coefficient (Wildman–Crippen LogP) is 5.18. The van der Waals surface area contributed by atoms with E-state index in [0.29, 0.717) is 23.3 Å². The van der Waals surface area contributed by atoms with Crippen molar-refractivity contribution in [3.63, 3.8) is 0 Å². The van der Waals surface area contributed by atoms with Gasteiger partial charge in [0, 0.05) is 29.4 Å². The molecule has 0 spiro atoms. The van der Waals surface area contributed by atoms with Gasteiger partial charge in [0.25, 0.3) is 0 Å². The van der Waals surface area contributed by atoms with E-state index in [1.165, 1.54) is 11.1 Å². The summed E-state index contributed by atoms with van der Waals surface area (Å²) in [5, 5.41) is 13.1. The van der Waals surface area contributed by atoms with Crippen molar-refractivity contribution in [2.24, 2.45) is 5.10 Å². The van der Waals surface area contributed by atoms with E-state index in [0.717, 1.165) is 24.2 Å². The van der Waals surface area contributed by atoms with E-state index in [2.05, 4.69) is 42.6 Å². The van der Waals surface area contributed by atoms with Crippen LogP contribution in [-0.4, -0.2) is 36.9 Å². The summed E-state index contributed by atoms with van der Waals surface area (Å²) in [6.45, 7) is 2.57. The summed E-state index contributed by atoms with van der Waals surface area (Å²) in [6, 6.07) is 22.3. The van der Waals surface area contributed by atoms with Crippen LogP contribution in [0.2, 0.25) is 0 Å².